The minimum absolute atomic E-state index is 0.0529. The van der Waals surface area contributed by atoms with E-state index >= 15 is 0 Å². The lowest BCUT2D eigenvalue weighted by Gasteiger charge is -2.21. The number of unbranched alkanes of at least 4 members (excludes halogenated alkanes) is 11. The van der Waals surface area contributed by atoms with Crippen LogP contribution < -0.4 is 0 Å². The van der Waals surface area contributed by atoms with Gasteiger partial charge in [-0.25, -0.2) is 0 Å². The summed E-state index contributed by atoms with van der Waals surface area (Å²) in [7, 11) is 0. The van der Waals surface area contributed by atoms with Crippen LogP contribution in [0.2, 0.25) is 0 Å². The normalized spacial score (nSPS) is 13.5. The van der Waals surface area contributed by atoms with E-state index < -0.39 is 0 Å². The molecule has 0 rings (SSSR count). The Morgan fingerprint density at radius 3 is 1.42 bits per heavy atom. The molecule has 0 bridgehead atoms. The van der Waals surface area contributed by atoms with Crippen molar-refractivity contribution in [2.45, 2.75) is 117 Å². The summed E-state index contributed by atoms with van der Waals surface area (Å²) in [5, 5.41) is -0.347. The molecule has 0 aliphatic rings. The SMILES string of the molecule is CCC(CCCCCCCCCCCCCCC(=O)Cl)C(CC)C(=O)Cl. The Labute approximate surface area is 171 Å². The van der Waals surface area contributed by atoms with Crippen LogP contribution in [-0.4, -0.2) is 10.5 Å². The lowest BCUT2D eigenvalue weighted by Crippen LogP contribution is -2.19. The average molecular weight is 407 g/mol. The molecule has 4 heteroatoms. The van der Waals surface area contributed by atoms with Crippen LogP contribution >= 0.6 is 23.2 Å². The molecule has 26 heavy (non-hydrogen) atoms. The van der Waals surface area contributed by atoms with E-state index in [0.717, 1.165) is 32.1 Å². The second kappa shape index (κ2) is 18.3. The molecule has 0 aromatic rings. The highest BCUT2D eigenvalue weighted by Gasteiger charge is 2.23. The number of halogens is 2. The second-order valence-corrected chi connectivity index (χ2v) is 8.42. The molecule has 0 aliphatic heterocycles. The molecule has 0 radical (unpaired) electrons. The average Bonchev–Trinajstić information content (AvgIpc) is 2.60. The quantitative estimate of drug-likeness (QED) is 0.160. The Balaban J connectivity index is 3.40. The van der Waals surface area contributed by atoms with E-state index in [0.29, 0.717) is 12.3 Å². The molecule has 0 fully saturated rings. The van der Waals surface area contributed by atoms with Gasteiger partial charge in [0, 0.05) is 12.3 Å². The molecular formula is C22H40Cl2O2. The lowest BCUT2D eigenvalue weighted by molar-refractivity contribution is -0.117. The Hall–Kier alpha value is -0.0800. The molecule has 0 aromatic carbocycles. The Morgan fingerprint density at radius 2 is 1.08 bits per heavy atom. The number of hydrogen-bond donors (Lipinski definition) is 0. The minimum Gasteiger partial charge on any atom is -0.281 e. The van der Waals surface area contributed by atoms with Crippen LogP contribution in [-0.2, 0) is 9.59 Å². The maximum absolute atomic E-state index is 11.5. The van der Waals surface area contributed by atoms with E-state index in [1.54, 1.807) is 0 Å². The van der Waals surface area contributed by atoms with Gasteiger partial charge in [-0.15, -0.1) is 0 Å². The standard InChI is InChI=1S/C22H40Cl2O2/c1-3-19(20(4-2)22(24)26)17-15-13-11-9-7-5-6-8-10-12-14-16-18-21(23)25/h19-20H,3-18H2,1-2H3. The summed E-state index contributed by atoms with van der Waals surface area (Å²) in [5.41, 5.74) is 0. The van der Waals surface area contributed by atoms with Gasteiger partial charge in [0.1, 0.15) is 0 Å². The molecule has 0 aromatic heterocycles. The van der Waals surface area contributed by atoms with Crippen LogP contribution in [0, 0.1) is 11.8 Å². The van der Waals surface area contributed by atoms with Gasteiger partial charge >= 0.3 is 0 Å². The molecule has 2 atom stereocenters. The first-order chi connectivity index (χ1) is 12.5. The van der Waals surface area contributed by atoms with Gasteiger partial charge in [0.25, 0.3) is 0 Å². The summed E-state index contributed by atoms with van der Waals surface area (Å²) in [6.07, 6.45) is 18.7. The first kappa shape index (κ1) is 25.9. The third-order valence-electron chi connectivity index (χ3n) is 5.52. The zero-order chi connectivity index (χ0) is 19.6. The Morgan fingerprint density at radius 1 is 0.654 bits per heavy atom. The van der Waals surface area contributed by atoms with E-state index in [2.05, 4.69) is 13.8 Å². The fourth-order valence-corrected chi connectivity index (χ4v) is 4.27. The molecule has 0 heterocycles. The van der Waals surface area contributed by atoms with Crippen molar-refractivity contribution in [3.8, 4) is 0 Å². The summed E-state index contributed by atoms with van der Waals surface area (Å²) < 4.78 is 0. The summed E-state index contributed by atoms with van der Waals surface area (Å²) in [4.78, 5) is 22.1. The summed E-state index contributed by atoms with van der Waals surface area (Å²) in [5.74, 6) is 0.518. The van der Waals surface area contributed by atoms with E-state index in [1.807, 2.05) is 0 Å². The first-order valence-corrected chi connectivity index (χ1v) is 11.7. The molecule has 0 N–H and O–H groups in total. The highest BCUT2D eigenvalue weighted by molar-refractivity contribution is 6.64. The monoisotopic (exact) mass is 406 g/mol. The maximum atomic E-state index is 11.5. The van der Waals surface area contributed by atoms with Crippen molar-refractivity contribution in [2.75, 3.05) is 0 Å². The van der Waals surface area contributed by atoms with Crippen LogP contribution in [0.15, 0.2) is 0 Å². The highest BCUT2D eigenvalue weighted by Crippen LogP contribution is 2.27. The number of carbonyl (C=O) groups excluding carboxylic acids is 2. The third kappa shape index (κ3) is 15.0. The first-order valence-electron chi connectivity index (χ1n) is 10.9. The van der Waals surface area contributed by atoms with Gasteiger partial charge in [0.15, 0.2) is 0 Å². The van der Waals surface area contributed by atoms with Crippen LogP contribution in [0.25, 0.3) is 0 Å². The van der Waals surface area contributed by atoms with Gasteiger partial charge in [0.2, 0.25) is 10.5 Å². The molecule has 0 saturated carbocycles. The van der Waals surface area contributed by atoms with Crippen LogP contribution in [0.4, 0.5) is 0 Å². The lowest BCUT2D eigenvalue weighted by atomic mass is 9.84. The maximum Gasteiger partial charge on any atom is 0.224 e. The zero-order valence-electron chi connectivity index (χ0n) is 17.0. The molecule has 0 saturated heterocycles. The van der Waals surface area contributed by atoms with Gasteiger partial charge in [-0.2, -0.15) is 0 Å². The highest BCUT2D eigenvalue weighted by atomic mass is 35.5. The molecule has 154 valence electrons. The van der Waals surface area contributed by atoms with Crippen molar-refractivity contribution in [1.29, 1.82) is 0 Å². The second-order valence-electron chi connectivity index (χ2n) is 7.62. The Kier molecular flexibility index (Phi) is 18.2. The van der Waals surface area contributed by atoms with Gasteiger partial charge in [-0.05, 0) is 48.4 Å². The number of rotatable bonds is 19. The van der Waals surface area contributed by atoms with Gasteiger partial charge in [0.05, 0.1) is 0 Å². The molecule has 0 aliphatic carbocycles. The van der Waals surface area contributed by atoms with Crippen molar-refractivity contribution >= 4 is 33.7 Å². The van der Waals surface area contributed by atoms with E-state index in [9.17, 15) is 9.59 Å². The largest absolute Gasteiger partial charge is 0.281 e. The predicted octanol–water partition coefficient (Wildman–Crippen LogP) is 8.03. The molecule has 2 unspecified atom stereocenters. The number of hydrogen-bond acceptors (Lipinski definition) is 2. The zero-order valence-corrected chi connectivity index (χ0v) is 18.6. The fourth-order valence-electron chi connectivity index (χ4n) is 3.81. The molecular weight excluding hydrogens is 367 g/mol. The van der Waals surface area contributed by atoms with Crippen molar-refractivity contribution in [3.05, 3.63) is 0 Å². The topological polar surface area (TPSA) is 34.1 Å². The third-order valence-corrected chi connectivity index (χ3v) is 5.99. The smallest absolute Gasteiger partial charge is 0.224 e. The van der Waals surface area contributed by atoms with E-state index in [-0.39, 0.29) is 16.4 Å². The molecule has 2 nitrogen and oxygen atoms in total. The van der Waals surface area contributed by atoms with Gasteiger partial charge in [-0.3, -0.25) is 9.59 Å². The van der Waals surface area contributed by atoms with Gasteiger partial charge in [-0.1, -0.05) is 90.9 Å². The summed E-state index contributed by atoms with van der Waals surface area (Å²) >= 11 is 11.0. The molecule has 0 spiro atoms. The Bertz CT molecular complexity index is 358. The van der Waals surface area contributed by atoms with Crippen LogP contribution in [0.3, 0.4) is 0 Å². The van der Waals surface area contributed by atoms with Crippen molar-refractivity contribution in [1.82, 2.24) is 0 Å². The predicted molar refractivity (Wildman–Crippen MR) is 114 cm³/mol. The van der Waals surface area contributed by atoms with Crippen molar-refractivity contribution < 1.29 is 9.59 Å². The van der Waals surface area contributed by atoms with Crippen LogP contribution in [0.1, 0.15) is 117 Å². The van der Waals surface area contributed by atoms with E-state index in [1.165, 1.54) is 64.2 Å². The van der Waals surface area contributed by atoms with Crippen molar-refractivity contribution in [2.24, 2.45) is 11.8 Å². The molecule has 0 amide bonds. The summed E-state index contributed by atoms with van der Waals surface area (Å²) in [6.45, 7) is 4.24. The van der Waals surface area contributed by atoms with Gasteiger partial charge < -0.3 is 0 Å². The van der Waals surface area contributed by atoms with Crippen LogP contribution in [0.5, 0.6) is 0 Å². The van der Waals surface area contributed by atoms with Crippen molar-refractivity contribution in [3.63, 3.8) is 0 Å². The number of carbonyl (C=O) groups is 2. The van der Waals surface area contributed by atoms with E-state index in [4.69, 9.17) is 23.2 Å². The minimum atomic E-state index is -0.201. The fraction of sp³-hybridized carbons (Fsp3) is 0.909. The summed E-state index contributed by atoms with van der Waals surface area (Å²) in [6, 6.07) is 0.